The highest BCUT2D eigenvalue weighted by atomic mass is 35.5. The number of carbonyl (C=O) groups excluding carboxylic acids is 2. The Labute approximate surface area is 155 Å². The van der Waals surface area contributed by atoms with E-state index >= 15 is 0 Å². The number of rotatable bonds is 5. The number of alkyl halides is 3. The zero-order valence-corrected chi connectivity index (χ0v) is 15.0. The van der Waals surface area contributed by atoms with E-state index in [2.05, 4.69) is 10.6 Å². The van der Waals surface area contributed by atoms with Gasteiger partial charge in [0, 0.05) is 13.1 Å². The predicted octanol–water partition coefficient (Wildman–Crippen LogP) is 1.90. The van der Waals surface area contributed by atoms with Gasteiger partial charge in [-0.25, -0.2) is 0 Å². The Bertz CT molecular complexity index is 622. The molecule has 1 aliphatic heterocycles. The van der Waals surface area contributed by atoms with E-state index in [0.29, 0.717) is 13.2 Å². The molecule has 2 amide bonds. The molecule has 0 saturated carbocycles. The summed E-state index contributed by atoms with van der Waals surface area (Å²) in [5.41, 5.74) is -1.26. The summed E-state index contributed by atoms with van der Waals surface area (Å²) in [4.78, 5) is 25.8. The van der Waals surface area contributed by atoms with E-state index in [1.54, 1.807) is 6.92 Å². The molecule has 6 nitrogen and oxygen atoms in total. The molecular formula is C16H21ClF3N3O3. The molecule has 1 heterocycles. The lowest BCUT2D eigenvalue weighted by atomic mass is 10.1. The van der Waals surface area contributed by atoms with E-state index in [9.17, 15) is 22.8 Å². The number of nitrogens with zero attached hydrogens (tertiary/aromatic N) is 1. The van der Waals surface area contributed by atoms with Crippen LogP contribution >= 0.6 is 12.4 Å². The number of hydrogen-bond acceptors (Lipinski definition) is 4. The molecule has 0 aliphatic carbocycles. The molecule has 1 aromatic carbocycles. The van der Waals surface area contributed by atoms with Crippen molar-refractivity contribution in [2.75, 3.05) is 38.2 Å². The molecular weight excluding hydrogens is 375 g/mol. The van der Waals surface area contributed by atoms with Gasteiger partial charge in [0.1, 0.15) is 6.04 Å². The molecule has 1 fully saturated rings. The minimum absolute atomic E-state index is 0. The number of hydrogen-bond donors (Lipinski definition) is 2. The van der Waals surface area contributed by atoms with Gasteiger partial charge in [-0.3, -0.25) is 9.59 Å². The third-order valence-electron chi connectivity index (χ3n) is 3.75. The molecule has 1 aromatic rings. The van der Waals surface area contributed by atoms with Gasteiger partial charge in [0.15, 0.2) is 0 Å². The smallest absolute Gasteiger partial charge is 0.378 e. The Kier molecular flexibility index (Phi) is 8.32. The van der Waals surface area contributed by atoms with Crippen molar-refractivity contribution in [1.82, 2.24) is 10.2 Å². The second-order valence-corrected chi connectivity index (χ2v) is 5.53. The van der Waals surface area contributed by atoms with Crippen molar-refractivity contribution in [3.63, 3.8) is 0 Å². The van der Waals surface area contributed by atoms with E-state index in [0.717, 1.165) is 6.07 Å². The number of amides is 2. The summed E-state index contributed by atoms with van der Waals surface area (Å²) < 4.78 is 44.1. The second kappa shape index (κ2) is 9.75. The van der Waals surface area contributed by atoms with Gasteiger partial charge in [0.25, 0.3) is 0 Å². The number of anilines is 1. The zero-order valence-electron chi connectivity index (χ0n) is 14.1. The Morgan fingerprint density at radius 2 is 2.04 bits per heavy atom. The van der Waals surface area contributed by atoms with Crippen LogP contribution in [0.1, 0.15) is 12.5 Å². The van der Waals surface area contributed by atoms with Crippen molar-refractivity contribution in [3.05, 3.63) is 29.8 Å². The molecule has 0 spiro atoms. The highest BCUT2D eigenvalue weighted by Gasteiger charge is 2.34. The fourth-order valence-electron chi connectivity index (χ4n) is 2.49. The van der Waals surface area contributed by atoms with Gasteiger partial charge in [-0.15, -0.1) is 12.4 Å². The van der Waals surface area contributed by atoms with E-state index in [-0.39, 0.29) is 43.7 Å². The molecule has 1 saturated heterocycles. The molecule has 26 heavy (non-hydrogen) atoms. The van der Waals surface area contributed by atoms with Gasteiger partial charge in [-0.2, -0.15) is 13.2 Å². The molecule has 10 heteroatoms. The first kappa shape index (κ1) is 22.2. The highest BCUT2D eigenvalue weighted by molar-refractivity contribution is 5.96. The number of likely N-dealkylation sites (N-methyl/N-ethyl adjacent to an activating group) is 1. The Balaban J connectivity index is 0.00000338. The third-order valence-corrected chi connectivity index (χ3v) is 3.75. The largest absolute Gasteiger partial charge is 0.418 e. The molecule has 1 atom stereocenters. The molecule has 146 valence electrons. The average molecular weight is 396 g/mol. The number of para-hydroxylation sites is 1. The van der Waals surface area contributed by atoms with Crippen molar-refractivity contribution >= 4 is 29.9 Å². The normalized spacial score (nSPS) is 17.2. The third kappa shape index (κ3) is 5.86. The number of nitrogens with one attached hydrogen (secondary N) is 2. The summed E-state index contributed by atoms with van der Waals surface area (Å²) in [5, 5.41) is 5.22. The lowest BCUT2D eigenvalue weighted by molar-refractivity contribution is -0.139. The Morgan fingerprint density at radius 3 is 2.62 bits per heavy atom. The molecule has 2 N–H and O–H groups in total. The maximum absolute atomic E-state index is 13.0. The van der Waals surface area contributed by atoms with Crippen molar-refractivity contribution in [2.45, 2.75) is 19.1 Å². The molecule has 0 aromatic heterocycles. The van der Waals surface area contributed by atoms with Gasteiger partial charge < -0.3 is 20.3 Å². The first-order valence-electron chi connectivity index (χ1n) is 7.89. The van der Waals surface area contributed by atoms with Gasteiger partial charge in [0.05, 0.1) is 31.0 Å². The first-order chi connectivity index (χ1) is 11.8. The lowest BCUT2D eigenvalue weighted by Crippen LogP contribution is -2.53. The van der Waals surface area contributed by atoms with E-state index in [1.807, 2.05) is 0 Å². The van der Waals surface area contributed by atoms with Crippen LogP contribution in [0.5, 0.6) is 0 Å². The van der Waals surface area contributed by atoms with Crippen molar-refractivity contribution < 1.29 is 27.5 Å². The SMILES string of the molecule is CCN(CC(=O)Nc1ccccc1C(F)(F)F)C(=O)C1COCCN1.Cl. The van der Waals surface area contributed by atoms with Crippen molar-refractivity contribution in [3.8, 4) is 0 Å². The quantitative estimate of drug-likeness (QED) is 0.799. The number of benzene rings is 1. The van der Waals surface area contributed by atoms with Crippen LogP contribution in [-0.4, -0.2) is 55.6 Å². The average Bonchev–Trinajstić information content (AvgIpc) is 2.59. The van der Waals surface area contributed by atoms with Crippen LogP contribution in [0.4, 0.5) is 18.9 Å². The van der Waals surface area contributed by atoms with Crippen LogP contribution in [0.2, 0.25) is 0 Å². The van der Waals surface area contributed by atoms with E-state index in [1.165, 1.54) is 23.1 Å². The minimum atomic E-state index is -4.58. The molecule has 1 unspecified atom stereocenters. The molecule has 1 aliphatic rings. The van der Waals surface area contributed by atoms with E-state index in [4.69, 9.17) is 4.74 Å². The number of morpholine rings is 1. The van der Waals surface area contributed by atoms with Gasteiger partial charge in [-0.05, 0) is 19.1 Å². The summed E-state index contributed by atoms with van der Waals surface area (Å²) in [6.45, 7) is 2.85. The maximum Gasteiger partial charge on any atom is 0.418 e. The highest BCUT2D eigenvalue weighted by Crippen LogP contribution is 2.34. The van der Waals surface area contributed by atoms with E-state index < -0.39 is 23.7 Å². The lowest BCUT2D eigenvalue weighted by Gasteiger charge is -2.29. The van der Waals surface area contributed by atoms with Crippen LogP contribution in [-0.2, 0) is 20.5 Å². The van der Waals surface area contributed by atoms with Crippen molar-refractivity contribution in [1.29, 1.82) is 0 Å². The zero-order chi connectivity index (χ0) is 18.4. The fraction of sp³-hybridized carbons (Fsp3) is 0.500. The maximum atomic E-state index is 13.0. The second-order valence-electron chi connectivity index (χ2n) is 5.53. The molecule has 0 bridgehead atoms. The van der Waals surface area contributed by atoms with Crippen LogP contribution in [0, 0.1) is 0 Å². The van der Waals surface area contributed by atoms with Crippen LogP contribution < -0.4 is 10.6 Å². The Hall–Kier alpha value is -1.84. The Morgan fingerprint density at radius 1 is 1.35 bits per heavy atom. The summed E-state index contributed by atoms with van der Waals surface area (Å²) >= 11 is 0. The van der Waals surface area contributed by atoms with Crippen LogP contribution in [0.3, 0.4) is 0 Å². The molecule has 2 rings (SSSR count). The van der Waals surface area contributed by atoms with Crippen LogP contribution in [0.25, 0.3) is 0 Å². The topological polar surface area (TPSA) is 70.7 Å². The predicted molar refractivity (Wildman–Crippen MR) is 92.2 cm³/mol. The summed E-state index contributed by atoms with van der Waals surface area (Å²) in [7, 11) is 0. The monoisotopic (exact) mass is 395 g/mol. The van der Waals surface area contributed by atoms with Gasteiger partial charge >= 0.3 is 6.18 Å². The van der Waals surface area contributed by atoms with Gasteiger partial charge in [0.2, 0.25) is 11.8 Å². The molecule has 0 radical (unpaired) electrons. The summed E-state index contributed by atoms with van der Waals surface area (Å²) in [6, 6.07) is 4.16. The number of ether oxygens (including phenoxy) is 1. The fourth-order valence-corrected chi connectivity index (χ4v) is 2.49. The summed E-state index contributed by atoms with van der Waals surface area (Å²) in [6.07, 6.45) is -4.58. The number of carbonyl (C=O) groups is 2. The summed E-state index contributed by atoms with van der Waals surface area (Å²) in [5.74, 6) is -1.01. The minimum Gasteiger partial charge on any atom is -0.378 e. The van der Waals surface area contributed by atoms with Crippen LogP contribution in [0.15, 0.2) is 24.3 Å². The van der Waals surface area contributed by atoms with Gasteiger partial charge in [-0.1, -0.05) is 12.1 Å². The van der Waals surface area contributed by atoms with Crippen molar-refractivity contribution in [2.24, 2.45) is 0 Å². The number of halogens is 4. The standard InChI is InChI=1S/C16H20F3N3O3.ClH/c1-2-22(15(24)13-10-25-8-7-20-13)9-14(23)21-12-6-4-3-5-11(12)16(17,18)19;/h3-6,13,20H,2,7-10H2,1H3,(H,21,23);1H. The first-order valence-corrected chi connectivity index (χ1v) is 7.89.